The molecule has 0 aliphatic carbocycles. The van der Waals surface area contributed by atoms with Crippen LogP contribution in [-0.2, 0) is 9.53 Å². The van der Waals surface area contributed by atoms with Crippen LogP contribution in [0.25, 0.3) is 6.08 Å². The second kappa shape index (κ2) is 7.23. The molecule has 2 nitrogen and oxygen atoms in total. The fourth-order valence-corrected chi connectivity index (χ4v) is 5.03. The first-order valence-electron chi connectivity index (χ1n) is 7.42. The highest BCUT2D eigenvalue weighted by Crippen LogP contribution is 2.20. The summed E-state index contributed by atoms with van der Waals surface area (Å²) in [4.78, 5) is 12.2. The average molecular weight is 310 g/mol. The van der Waals surface area contributed by atoms with Crippen molar-refractivity contribution in [2.45, 2.75) is 19.1 Å². The van der Waals surface area contributed by atoms with Gasteiger partial charge in [-0.05, 0) is 17.7 Å². The number of carbonyl (C=O) groups is 1. The fraction of sp³-hybridized carbons (Fsp3) is 0.211. The summed E-state index contributed by atoms with van der Waals surface area (Å²) in [6.07, 6.45) is 1.95. The third-order valence-corrected chi connectivity index (χ3v) is 6.94. The van der Waals surface area contributed by atoms with Gasteiger partial charge in [-0.1, -0.05) is 78.9 Å². The van der Waals surface area contributed by atoms with E-state index in [1.54, 1.807) is 0 Å². The summed E-state index contributed by atoms with van der Waals surface area (Å²) in [5, 5.41) is 1.35. The maximum Gasteiger partial charge on any atom is 0.333 e. The summed E-state index contributed by atoms with van der Waals surface area (Å²) in [7, 11) is -0.302. The zero-order chi connectivity index (χ0) is 16.0. The molecule has 0 fully saturated rings. The van der Waals surface area contributed by atoms with Crippen molar-refractivity contribution >= 4 is 25.3 Å². The molecule has 0 radical (unpaired) electrons. The summed E-state index contributed by atoms with van der Waals surface area (Å²) in [6, 6.07) is 21.1. The standard InChI is InChI=1S/C19H22O2Si/c1-21-19(20)17(14-16-10-6-4-7-11-16)15-22(2,3)18-12-8-5-9-13-18/h4-14H,15H2,1-3H3/b17-14+. The Hall–Kier alpha value is -2.13. The zero-order valence-corrected chi connectivity index (χ0v) is 14.4. The van der Waals surface area contributed by atoms with Gasteiger partial charge < -0.3 is 4.74 Å². The highest BCUT2D eigenvalue weighted by molar-refractivity contribution is 6.90. The SMILES string of the molecule is COC(=O)/C(=C/c1ccccc1)C[Si](C)(C)c1ccccc1. The van der Waals surface area contributed by atoms with Crippen LogP contribution >= 0.6 is 0 Å². The Labute approximate surface area is 133 Å². The van der Waals surface area contributed by atoms with Gasteiger partial charge >= 0.3 is 5.97 Å². The predicted molar refractivity (Wildman–Crippen MR) is 94.8 cm³/mol. The predicted octanol–water partition coefficient (Wildman–Crippen LogP) is 3.86. The van der Waals surface area contributed by atoms with Crippen LogP contribution in [0.4, 0.5) is 0 Å². The lowest BCUT2D eigenvalue weighted by Gasteiger charge is -2.23. The van der Waals surface area contributed by atoms with Crippen LogP contribution in [0.3, 0.4) is 0 Å². The van der Waals surface area contributed by atoms with Crippen molar-refractivity contribution in [2.75, 3.05) is 7.11 Å². The van der Waals surface area contributed by atoms with Crippen molar-refractivity contribution in [3.05, 3.63) is 71.8 Å². The number of esters is 1. The smallest absolute Gasteiger partial charge is 0.333 e. The Balaban J connectivity index is 2.31. The lowest BCUT2D eigenvalue weighted by atomic mass is 10.1. The summed E-state index contributed by atoms with van der Waals surface area (Å²) in [5.74, 6) is -0.236. The van der Waals surface area contributed by atoms with Gasteiger partial charge in [-0.15, -0.1) is 0 Å². The minimum Gasteiger partial charge on any atom is -0.466 e. The van der Waals surface area contributed by atoms with E-state index in [0.29, 0.717) is 0 Å². The van der Waals surface area contributed by atoms with E-state index in [-0.39, 0.29) is 5.97 Å². The number of hydrogen-bond donors (Lipinski definition) is 0. The van der Waals surface area contributed by atoms with Crippen molar-refractivity contribution in [3.8, 4) is 0 Å². The molecule has 2 aromatic rings. The van der Waals surface area contributed by atoms with Gasteiger partial charge in [-0.3, -0.25) is 0 Å². The van der Waals surface area contributed by atoms with E-state index in [0.717, 1.165) is 17.2 Å². The van der Waals surface area contributed by atoms with Crippen molar-refractivity contribution < 1.29 is 9.53 Å². The van der Waals surface area contributed by atoms with Crippen LogP contribution in [-0.4, -0.2) is 21.2 Å². The lowest BCUT2D eigenvalue weighted by molar-refractivity contribution is -0.135. The highest BCUT2D eigenvalue weighted by Gasteiger charge is 2.27. The molecule has 0 atom stereocenters. The minimum atomic E-state index is -1.74. The first-order chi connectivity index (χ1) is 10.5. The molecule has 0 unspecified atom stereocenters. The van der Waals surface area contributed by atoms with E-state index in [1.165, 1.54) is 12.3 Å². The Morgan fingerprint density at radius 3 is 2.09 bits per heavy atom. The Kier molecular flexibility index (Phi) is 5.34. The third-order valence-electron chi connectivity index (χ3n) is 3.78. The van der Waals surface area contributed by atoms with Gasteiger partial charge in [0.25, 0.3) is 0 Å². The third kappa shape index (κ3) is 4.18. The normalized spacial score (nSPS) is 12.0. The monoisotopic (exact) mass is 310 g/mol. The van der Waals surface area contributed by atoms with Gasteiger partial charge in [0, 0.05) is 5.57 Å². The number of benzene rings is 2. The first kappa shape index (κ1) is 16.2. The van der Waals surface area contributed by atoms with Gasteiger partial charge in [0.2, 0.25) is 0 Å². The molecule has 2 rings (SSSR count). The summed E-state index contributed by atoms with van der Waals surface area (Å²) in [6.45, 7) is 4.56. The second-order valence-electron chi connectivity index (χ2n) is 6.00. The largest absolute Gasteiger partial charge is 0.466 e. The highest BCUT2D eigenvalue weighted by atomic mass is 28.3. The van der Waals surface area contributed by atoms with E-state index in [2.05, 4.69) is 37.4 Å². The Morgan fingerprint density at radius 1 is 1.00 bits per heavy atom. The van der Waals surface area contributed by atoms with Gasteiger partial charge in [-0.25, -0.2) is 4.79 Å². The van der Waals surface area contributed by atoms with Gasteiger partial charge in [-0.2, -0.15) is 0 Å². The molecule has 0 amide bonds. The minimum absolute atomic E-state index is 0.236. The van der Waals surface area contributed by atoms with Crippen LogP contribution in [0, 0.1) is 0 Å². The van der Waals surface area contributed by atoms with Crippen LogP contribution < -0.4 is 5.19 Å². The lowest BCUT2D eigenvalue weighted by Crippen LogP contribution is -2.42. The van der Waals surface area contributed by atoms with Crippen LogP contribution in [0.1, 0.15) is 5.56 Å². The van der Waals surface area contributed by atoms with E-state index in [4.69, 9.17) is 4.74 Å². The van der Waals surface area contributed by atoms with Crippen LogP contribution in [0.2, 0.25) is 19.1 Å². The Morgan fingerprint density at radius 2 is 1.55 bits per heavy atom. The van der Waals surface area contributed by atoms with Crippen molar-refractivity contribution in [1.82, 2.24) is 0 Å². The maximum absolute atomic E-state index is 12.2. The molecule has 0 heterocycles. The molecule has 0 spiro atoms. The summed E-state index contributed by atoms with van der Waals surface area (Å²) >= 11 is 0. The molecule has 3 heteroatoms. The molecular weight excluding hydrogens is 288 g/mol. The van der Waals surface area contributed by atoms with E-state index >= 15 is 0 Å². The molecule has 0 saturated heterocycles. The van der Waals surface area contributed by atoms with Gasteiger partial charge in [0.1, 0.15) is 0 Å². The van der Waals surface area contributed by atoms with Gasteiger partial charge in [0.15, 0.2) is 0 Å². The first-order valence-corrected chi connectivity index (χ1v) is 10.6. The molecule has 0 N–H and O–H groups in total. The van der Waals surface area contributed by atoms with Crippen molar-refractivity contribution in [2.24, 2.45) is 0 Å². The quantitative estimate of drug-likeness (QED) is 0.476. The number of hydrogen-bond acceptors (Lipinski definition) is 2. The summed E-state index contributed by atoms with van der Waals surface area (Å²) in [5.41, 5.74) is 1.77. The number of carbonyl (C=O) groups excluding carboxylic acids is 1. The van der Waals surface area contributed by atoms with E-state index < -0.39 is 8.07 Å². The summed E-state index contributed by atoms with van der Waals surface area (Å²) < 4.78 is 4.98. The molecule has 114 valence electrons. The van der Waals surface area contributed by atoms with Gasteiger partial charge in [0.05, 0.1) is 15.2 Å². The number of methoxy groups -OCH3 is 1. The molecule has 0 aliphatic heterocycles. The molecular formula is C19H22O2Si. The molecule has 0 aliphatic rings. The van der Waals surface area contributed by atoms with Crippen LogP contribution in [0.15, 0.2) is 66.2 Å². The molecule has 22 heavy (non-hydrogen) atoms. The fourth-order valence-electron chi connectivity index (χ4n) is 2.53. The van der Waals surface area contributed by atoms with E-state index in [1.807, 2.05) is 42.5 Å². The molecule has 0 bridgehead atoms. The maximum atomic E-state index is 12.2. The second-order valence-corrected chi connectivity index (χ2v) is 10.7. The molecule has 0 saturated carbocycles. The molecule has 0 aromatic heterocycles. The van der Waals surface area contributed by atoms with E-state index in [9.17, 15) is 4.79 Å². The van der Waals surface area contributed by atoms with Crippen molar-refractivity contribution in [3.63, 3.8) is 0 Å². The number of ether oxygens (including phenoxy) is 1. The van der Waals surface area contributed by atoms with Crippen molar-refractivity contribution in [1.29, 1.82) is 0 Å². The average Bonchev–Trinajstić information content (AvgIpc) is 2.55. The zero-order valence-electron chi connectivity index (χ0n) is 13.4. The topological polar surface area (TPSA) is 26.3 Å². The molecule has 2 aromatic carbocycles. The van der Waals surface area contributed by atoms with Crippen LogP contribution in [0.5, 0.6) is 0 Å². The number of rotatable bonds is 5. The Bertz CT molecular complexity index is 646.